The van der Waals surface area contributed by atoms with Crippen LogP contribution in [0.1, 0.15) is 46.0 Å². The van der Waals surface area contributed by atoms with Gasteiger partial charge in [0.2, 0.25) is 0 Å². The molecule has 2 rings (SSSR count). The summed E-state index contributed by atoms with van der Waals surface area (Å²) in [5, 5.41) is 0. The van der Waals surface area contributed by atoms with E-state index in [1.165, 1.54) is 0 Å². The van der Waals surface area contributed by atoms with Crippen LogP contribution in [0, 0.1) is 0 Å². The minimum absolute atomic E-state index is 0.361. The molecule has 20 heavy (non-hydrogen) atoms. The van der Waals surface area contributed by atoms with Gasteiger partial charge in [0.25, 0.3) is 0 Å². The molecule has 0 aliphatic rings. The molecule has 0 unspecified atom stereocenters. The molecule has 0 spiro atoms. The van der Waals surface area contributed by atoms with Gasteiger partial charge in [0.15, 0.2) is 0 Å². The van der Waals surface area contributed by atoms with Crippen LogP contribution in [0.5, 0.6) is 0 Å². The molecular formula is C17H16O3. The van der Waals surface area contributed by atoms with E-state index in [2.05, 4.69) is 13.8 Å². The Bertz CT molecular complexity index is 598. The van der Waals surface area contributed by atoms with E-state index < -0.39 is 11.9 Å². The minimum atomic E-state index is -0.636. The normalized spacial score (nSPS) is 10.3. The number of carbonyl (C=O) groups is 2. The lowest BCUT2D eigenvalue weighted by molar-refractivity contribution is 0.0398. The second-order valence-corrected chi connectivity index (χ2v) is 4.82. The molecular weight excluding hydrogens is 252 g/mol. The molecule has 0 aliphatic carbocycles. The van der Waals surface area contributed by atoms with E-state index in [9.17, 15) is 9.59 Å². The molecule has 0 radical (unpaired) electrons. The predicted octanol–water partition coefficient (Wildman–Crippen LogP) is 3.81. The maximum Gasteiger partial charge on any atom is 0.346 e. The molecule has 0 saturated heterocycles. The summed E-state index contributed by atoms with van der Waals surface area (Å²) < 4.78 is 4.84. The highest BCUT2D eigenvalue weighted by Gasteiger charge is 2.14. The van der Waals surface area contributed by atoms with Gasteiger partial charge in [-0.25, -0.2) is 9.59 Å². The fourth-order valence-electron chi connectivity index (χ4n) is 1.78. The lowest BCUT2D eigenvalue weighted by Gasteiger charge is -2.06. The molecule has 0 amide bonds. The van der Waals surface area contributed by atoms with E-state index >= 15 is 0 Å². The van der Waals surface area contributed by atoms with Crippen LogP contribution in [-0.2, 0) is 4.74 Å². The molecule has 0 fully saturated rings. The number of rotatable bonds is 3. The zero-order valence-electron chi connectivity index (χ0n) is 11.5. The van der Waals surface area contributed by atoms with E-state index in [4.69, 9.17) is 4.74 Å². The molecule has 3 nitrogen and oxygen atoms in total. The van der Waals surface area contributed by atoms with Crippen molar-refractivity contribution < 1.29 is 14.3 Å². The van der Waals surface area contributed by atoms with Crippen LogP contribution in [0.3, 0.4) is 0 Å². The molecule has 0 aliphatic heterocycles. The first-order valence-electron chi connectivity index (χ1n) is 6.49. The monoisotopic (exact) mass is 268 g/mol. The predicted molar refractivity (Wildman–Crippen MR) is 76.7 cm³/mol. The van der Waals surface area contributed by atoms with Gasteiger partial charge in [0, 0.05) is 0 Å². The fraction of sp³-hybridized carbons (Fsp3) is 0.176. The van der Waals surface area contributed by atoms with Crippen LogP contribution in [0.25, 0.3) is 0 Å². The molecule has 0 aromatic heterocycles. The van der Waals surface area contributed by atoms with Gasteiger partial charge in [-0.2, -0.15) is 0 Å². The number of benzene rings is 2. The summed E-state index contributed by atoms with van der Waals surface area (Å²) in [4.78, 5) is 23.6. The van der Waals surface area contributed by atoms with Crippen molar-refractivity contribution in [2.75, 3.05) is 0 Å². The summed E-state index contributed by atoms with van der Waals surface area (Å²) in [6.45, 7) is 4.15. The number of carbonyl (C=O) groups excluding carboxylic acids is 2. The van der Waals surface area contributed by atoms with Crippen molar-refractivity contribution in [3.63, 3.8) is 0 Å². The van der Waals surface area contributed by atoms with Crippen molar-refractivity contribution in [2.24, 2.45) is 0 Å². The standard InChI is InChI=1S/C17H16O3/c1-12(2)13-8-10-15(11-9-13)17(19)20-16(18)14-6-4-3-5-7-14/h3-12H,1-2H3. The smallest absolute Gasteiger partial charge is 0.346 e. The quantitative estimate of drug-likeness (QED) is 0.628. The molecule has 0 N–H and O–H groups in total. The first-order chi connectivity index (χ1) is 9.58. The van der Waals surface area contributed by atoms with Crippen molar-refractivity contribution in [1.82, 2.24) is 0 Å². The molecule has 2 aromatic rings. The Morgan fingerprint density at radius 2 is 1.30 bits per heavy atom. The number of hydrogen-bond donors (Lipinski definition) is 0. The van der Waals surface area contributed by atoms with E-state index in [0.29, 0.717) is 17.0 Å². The first-order valence-corrected chi connectivity index (χ1v) is 6.49. The highest BCUT2D eigenvalue weighted by Crippen LogP contribution is 2.15. The molecule has 0 atom stereocenters. The van der Waals surface area contributed by atoms with Gasteiger partial charge in [-0.1, -0.05) is 44.2 Å². The Hall–Kier alpha value is -2.42. The van der Waals surface area contributed by atoms with Crippen LogP contribution in [0.2, 0.25) is 0 Å². The topological polar surface area (TPSA) is 43.4 Å². The van der Waals surface area contributed by atoms with Crippen molar-refractivity contribution >= 4 is 11.9 Å². The second kappa shape index (κ2) is 6.15. The highest BCUT2D eigenvalue weighted by molar-refractivity contribution is 6.02. The molecule has 3 heteroatoms. The first kappa shape index (κ1) is 14.0. The summed E-state index contributed by atoms with van der Waals surface area (Å²) in [6, 6.07) is 15.5. The maximum atomic E-state index is 11.9. The molecule has 2 aromatic carbocycles. The fourth-order valence-corrected chi connectivity index (χ4v) is 1.78. The van der Waals surface area contributed by atoms with Crippen molar-refractivity contribution in [3.8, 4) is 0 Å². The lowest BCUT2D eigenvalue weighted by atomic mass is 10.0. The Morgan fingerprint density at radius 3 is 1.80 bits per heavy atom. The SMILES string of the molecule is CC(C)c1ccc(C(=O)OC(=O)c2ccccc2)cc1. The van der Waals surface area contributed by atoms with E-state index in [-0.39, 0.29) is 0 Å². The largest absolute Gasteiger partial charge is 0.386 e. The molecule has 0 saturated carbocycles. The van der Waals surface area contributed by atoms with Gasteiger partial charge in [-0.05, 0) is 35.7 Å². The van der Waals surface area contributed by atoms with Crippen molar-refractivity contribution in [2.45, 2.75) is 19.8 Å². The Morgan fingerprint density at radius 1 is 0.800 bits per heavy atom. The summed E-state index contributed by atoms with van der Waals surface area (Å²) in [6.07, 6.45) is 0. The third-order valence-corrected chi connectivity index (χ3v) is 3.01. The van der Waals surface area contributed by atoms with Crippen LogP contribution in [-0.4, -0.2) is 11.9 Å². The molecule has 0 heterocycles. The zero-order chi connectivity index (χ0) is 14.5. The van der Waals surface area contributed by atoms with Gasteiger partial charge in [0.1, 0.15) is 0 Å². The zero-order valence-corrected chi connectivity index (χ0v) is 11.5. The van der Waals surface area contributed by atoms with Gasteiger partial charge < -0.3 is 4.74 Å². The van der Waals surface area contributed by atoms with Crippen LogP contribution in [0.15, 0.2) is 54.6 Å². The van der Waals surface area contributed by atoms with E-state index in [1.807, 2.05) is 12.1 Å². The number of esters is 2. The van der Waals surface area contributed by atoms with Crippen LogP contribution >= 0.6 is 0 Å². The minimum Gasteiger partial charge on any atom is -0.386 e. The highest BCUT2D eigenvalue weighted by atomic mass is 16.6. The van der Waals surface area contributed by atoms with Crippen LogP contribution < -0.4 is 0 Å². The number of hydrogen-bond acceptors (Lipinski definition) is 3. The van der Waals surface area contributed by atoms with Gasteiger partial charge >= 0.3 is 11.9 Å². The number of ether oxygens (including phenoxy) is 1. The van der Waals surface area contributed by atoms with Crippen molar-refractivity contribution in [1.29, 1.82) is 0 Å². The summed E-state index contributed by atoms with van der Waals surface area (Å²) >= 11 is 0. The van der Waals surface area contributed by atoms with Crippen molar-refractivity contribution in [3.05, 3.63) is 71.3 Å². The van der Waals surface area contributed by atoms with Gasteiger partial charge in [-0.15, -0.1) is 0 Å². The summed E-state index contributed by atoms with van der Waals surface area (Å²) in [5.74, 6) is -0.872. The summed E-state index contributed by atoms with van der Waals surface area (Å²) in [7, 11) is 0. The van der Waals surface area contributed by atoms with Crippen LogP contribution in [0.4, 0.5) is 0 Å². The Balaban J connectivity index is 2.07. The molecule has 102 valence electrons. The average Bonchev–Trinajstić information content (AvgIpc) is 2.48. The van der Waals surface area contributed by atoms with Gasteiger partial charge in [0.05, 0.1) is 11.1 Å². The van der Waals surface area contributed by atoms with Gasteiger partial charge in [-0.3, -0.25) is 0 Å². The van der Waals surface area contributed by atoms with E-state index in [1.54, 1.807) is 42.5 Å². The third kappa shape index (κ3) is 3.32. The summed E-state index contributed by atoms with van der Waals surface area (Å²) in [5.41, 5.74) is 1.87. The molecule has 0 bridgehead atoms. The Kier molecular flexibility index (Phi) is 4.31. The Labute approximate surface area is 118 Å². The maximum absolute atomic E-state index is 11.9. The second-order valence-electron chi connectivity index (χ2n) is 4.82. The average molecular weight is 268 g/mol. The van der Waals surface area contributed by atoms with E-state index in [0.717, 1.165) is 5.56 Å². The lowest BCUT2D eigenvalue weighted by Crippen LogP contribution is -2.12. The third-order valence-electron chi connectivity index (χ3n) is 3.01.